The Kier molecular flexibility index (Phi) is 7.98. The molecule has 0 amide bonds. The van der Waals surface area contributed by atoms with Crippen LogP contribution in [-0.4, -0.2) is 33.2 Å². The first-order valence-electron chi connectivity index (χ1n) is 11.1. The SMILES string of the molecule is CCOc1ccc(C=C2CC(C)CC(=Cc3ccc(OCC)c(OC)c3)C2=O)cc1OC. The van der Waals surface area contributed by atoms with Crippen molar-refractivity contribution in [3.05, 3.63) is 58.7 Å². The normalized spacial score (nSPS) is 18.7. The molecule has 2 aromatic carbocycles. The van der Waals surface area contributed by atoms with Crippen LogP contribution in [0.15, 0.2) is 47.5 Å². The molecule has 2 aromatic rings. The molecule has 0 radical (unpaired) electrons. The Morgan fingerprint density at radius 2 is 1.22 bits per heavy atom. The van der Waals surface area contributed by atoms with Gasteiger partial charge in [-0.25, -0.2) is 0 Å². The summed E-state index contributed by atoms with van der Waals surface area (Å²) < 4.78 is 22.1. The van der Waals surface area contributed by atoms with Gasteiger partial charge in [-0.05, 0) is 80.2 Å². The Hall–Kier alpha value is -3.21. The smallest absolute Gasteiger partial charge is 0.185 e. The largest absolute Gasteiger partial charge is 0.493 e. The summed E-state index contributed by atoms with van der Waals surface area (Å²) in [5.41, 5.74) is 3.45. The molecule has 3 rings (SSSR count). The Labute approximate surface area is 190 Å². The molecule has 32 heavy (non-hydrogen) atoms. The summed E-state index contributed by atoms with van der Waals surface area (Å²) in [5.74, 6) is 3.18. The minimum atomic E-state index is 0.0869. The fraction of sp³-hybridized carbons (Fsp3) is 0.370. The monoisotopic (exact) mass is 436 g/mol. The van der Waals surface area contributed by atoms with Gasteiger partial charge < -0.3 is 18.9 Å². The van der Waals surface area contributed by atoms with Crippen molar-refractivity contribution < 1.29 is 23.7 Å². The van der Waals surface area contributed by atoms with E-state index in [0.717, 1.165) is 35.1 Å². The van der Waals surface area contributed by atoms with Crippen LogP contribution in [0.5, 0.6) is 23.0 Å². The van der Waals surface area contributed by atoms with E-state index in [2.05, 4.69) is 6.92 Å². The fourth-order valence-electron chi connectivity index (χ4n) is 3.96. The molecule has 0 saturated heterocycles. The highest BCUT2D eigenvalue weighted by molar-refractivity contribution is 6.14. The van der Waals surface area contributed by atoms with Gasteiger partial charge in [0.2, 0.25) is 0 Å². The number of carbonyl (C=O) groups is 1. The van der Waals surface area contributed by atoms with Crippen molar-refractivity contribution in [3.63, 3.8) is 0 Å². The molecule has 170 valence electrons. The van der Waals surface area contributed by atoms with Crippen LogP contribution in [-0.2, 0) is 4.79 Å². The summed E-state index contributed by atoms with van der Waals surface area (Å²) in [4.78, 5) is 13.3. The van der Waals surface area contributed by atoms with Crippen molar-refractivity contribution in [2.45, 2.75) is 33.6 Å². The van der Waals surface area contributed by atoms with E-state index in [1.54, 1.807) is 14.2 Å². The zero-order chi connectivity index (χ0) is 23.1. The van der Waals surface area contributed by atoms with Gasteiger partial charge in [0.05, 0.1) is 27.4 Å². The van der Waals surface area contributed by atoms with Gasteiger partial charge in [-0.3, -0.25) is 4.79 Å². The lowest BCUT2D eigenvalue weighted by Gasteiger charge is -2.23. The Bertz CT molecular complexity index is 939. The third-order valence-corrected chi connectivity index (χ3v) is 5.38. The van der Waals surface area contributed by atoms with Crippen LogP contribution in [0.1, 0.15) is 44.7 Å². The number of Topliss-reactive ketones (excluding diaryl/α,β-unsaturated/α-hetero) is 1. The van der Waals surface area contributed by atoms with Crippen molar-refractivity contribution in [1.29, 1.82) is 0 Å². The van der Waals surface area contributed by atoms with Crippen molar-refractivity contribution in [3.8, 4) is 23.0 Å². The summed E-state index contributed by atoms with van der Waals surface area (Å²) in [6.45, 7) is 7.18. The average molecular weight is 437 g/mol. The zero-order valence-corrected chi connectivity index (χ0v) is 19.6. The van der Waals surface area contributed by atoms with E-state index in [4.69, 9.17) is 18.9 Å². The highest BCUT2D eigenvalue weighted by Gasteiger charge is 2.25. The maximum absolute atomic E-state index is 13.3. The summed E-state index contributed by atoms with van der Waals surface area (Å²) >= 11 is 0. The standard InChI is InChI=1S/C27H32O5/c1-6-31-23-10-8-19(16-25(23)29-4)14-21-12-18(3)13-22(27(21)28)15-20-9-11-24(32-7-2)26(17-20)30-5/h8-11,14-18H,6-7,12-13H2,1-5H3. The van der Waals surface area contributed by atoms with Crippen LogP contribution in [0, 0.1) is 5.92 Å². The molecule has 1 aliphatic carbocycles. The van der Waals surface area contributed by atoms with Gasteiger partial charge in [0.15, 0.2) is 28.8 Å². The summed E-state index contributed by atoms with van der Waals surface area (Å²) in [6, 6.07) is 11.5. The molecule has 0 spiro atoms. The number of ketones is 1. The summed E-state index contributed by atoms with van der Waals surface area (Å²) in [6.07, 6.45) is 5.42. The Balaban J connectivity index is 1.91. The van der Waals surface area contributed by atoms with E-state index in [-0.39, 0.29) is 5.78 Å². The zero-order valence-electron chi connectivity index (χ0n) is 19.6. The van der Waals surface area contributed by atoms with Crippen LogP contribution < -0.4 is 18.9 Å². The molecule has 0 bridgehead atoms. The molecule has 0 N–H and O–H groups in total. The van der Waals surface area contributed by atoms with Gasteiger partial charge in [0, 0.05) is 11.1 Å². The number of ether oxygens (including phenoxy) is 4. The second kappa shape index (κ2) is 10.9. The van der Waals surface area contributed by atoms with Gasteiger partial charge in [0.1, 0.15) is 0 Å². The molecule has 5 heteroatoms. The third kappa shape index (κ3) is 5.52. The van der Waals surface area contributed by atoms with E-state index in [1.807, 2.05) is 62.4 Å². The highest BCUT2D eigenvalue weighted by Crippen LogP contribution is 2.35. The number of allylic oxidation sites excluding steroid dienone is 2. The van der Waals surface area contributed by atoms with Crippen LogP contribution in [0.25, 0.3) is 12.2 Å². The highest BCUT2D eigenvalue weighted by atomic mass is 16.5. The van der Waals surface area contributed by atoms with Gasteiger partial charge in [0.25, 0.3) is 0 Å². The molecule has 1 aliphatic rings. The average Bonchev–Trinajstić information content (AvgIpc) is 2.79. The first-order valence-corrected chi connectivity index (χ1v) is 11.1. The molecular formula is C27H32O5. The molecule has 0 unspecified atom stereocenters. The van der Waals surface area contributed by atoms with Gasteiger partial charge in [-0.2, -0.15) is 0 Å². The van der Waals surface area contributed by atoms with Crippen molar-refractivity contribution in [2.75, 3.05) is 27.4 Å². The minimum Gasteiger partial charge on any atom is -0.493 e. The Morgan fingerprint density at radius 3 is 1.59 bits per heavy atom. The van der Waals surface area contributed by atoms with Gasteiger partial charge in [-0.1, -0.05) is 19.1 Å². The lowest BCUT2D eigenvalue weighted by molar-refractivity contribution is -0.113. The second-order valence-electron chi connectivity index (χ2n) is 7.87. The first-order chi connectivity index (χ1) is 15.5. The molecule has 0 aliphatic heterocycles. The number of carbonyl (C=O) groups excluding carboxylic acids is 1. The Morgan fingerprint density at radius 1 is 0.781 bits per heavy atom. The predicted octanol–water partition coefficient (Wildman–Crippen LogP) is 5.97. The number of benzene rings is 2. The van der Waals surface area contributed by atoms with Crippen LogP contribution in [0.2, 0.25) is 0 Å². The van der Waals surface area contributed by atoms with E-state index < -0.39 is 0 Å². The number of rotatable bonds is 8. The molecule has 0 atom stereocenters. The van der Waals surface area contributed by atoms with Crippen molar-refractivity contribution >= 4 is 17.9 Å². The lowest BCUT2D eigenvalue weighted by atomic mass is 9.81. The van der Waals surface area contributed by atoms with Gasteiger partial charge >= 0.3 is 0 Å². The summed E-state index contributed by atoms with van der Waals surface area (Å²) in [5, 5.41) is 0. The topological polar surface area (TPSA) is 54.0 Å². The van der Waals surface area contributed by atoms with E-state index in [9.17, 15) is 4.79 Å². The van der Waals surface area contributed by atoms with Crippen molar-refractivity contribution in [1.82, 2.24) is 0 Å². The first kappa shape index (κ1) is 23.5. The van der Waals surface area contributed by atoms with Crippen LogP contribution in [0.4, 0.5) is 0 Å². The molecule has 5 nitrogen and oxygen atoms in total. The number of methoxy groups -OCH3 is 2. The quantitative estimate of drug-likeness (QED) is 0.478. The predicted molar refractivity (Wildman–Crippen MR) is 128 cm³/mol. The van der Waals surface area contributed by atoms with E-state index >= 15 is 0 Å². The maximum atomic E-state index is 13.3. The van der Waals surface area contributed by atoms with E-state index in [1.165, 1.54) is 0 Å². The third-order valence-electron chi connectivity index (χ3n) is 5.38. The maximum Gasteiger partial charge on any atom is 0.185 e. The molecule has 0 aromatic heterocycles. The van der Waals surface area contributed by atoms with Crippen LogP contribution in [0.3, 0.4) is 0 Å². The molecule has 0 heterocycles. The molecule has 1 fully saturated rings. The number of hydrogen-bond donors (Lipinski definition) is 0. The van der Waals surface area contributed by atoms with Crippen molar-refractivity contribution in [2.24, 2.45) is 5.92 Å². The van der Waals surface area contributed by atoms with Gasteiger partial charge in [-0.15, -0.1) is 0 Å². The molecular weight excluding hydrogens is 404 g/mol. The molecule has 1 saturated carbocycles. The lowest BCUT2D eigenvalue weighted by Crippen LogP contribution is -2.18. The second-order valence-corrected chi connectivity index (χ2v) is 7.87. The number of hydrogen-bond acceptors (Lipinski definition) is 5. The fourth-order valence-corrected chi connectivity index (χ4v) is 3.96. The van der Waals surface area contributed by atoms with E-state index in [0.29, 0.717) is 42.1 Å². The minimum absolute atomic E-state index is 0.0869. The summed E-state index contributed by atoms with van der Waals surface area (Å²) in [7, 11) is 3.24. The van der Waals surface area contributed by atoms with Crippen LogP contribution >= 0.6 is 0 Å².